The second-order valence-corrected chi connectivity index (χ2v) is 8.86. The van der Waals surface area contributed by atoms with Crippen LogP contribution in [0.15, 0.2) is 36.5 Å². The van der Waals surface area contributed by atoms with E-state index in [-0.39, 0.29) is 17.7 Å². The minimum atomic E-state index is -0.585. The number of primary amides is 1. The molecule has 2 aliphatic rings. The van der Waals surface area contributed by atoms with Gasteiger partial charge in [-0.2, -0.15) is 4.98 Å². The van der Waals surface area contributed by atoms with Gasteiger partial charge in [0.2, 0.25) is 11.9 Å². The Morgan fingerprint density at radius 1 is 1.24 bits per heavy atom. The smallest absolute Gasteiger partial charge is 0.229 e. The number of likely N-dealkylation sites (N-methyl/N-ethyl adjacent to an activating group) is 1. The molecule has 2 aromatic rings. The summed E-state index contributed by atoms with van der Waals surface area (Å²) in [7, 11) is 2.14. The monoisotopic (exact) mass is 453 g/mol. The normalized spacial score (nSPS) is 23.0. The summed E-state index contributed by atoms with van der Waals surface area (Å²) in [6, 6.07) is 5.71. The van der Waals surface area contributed by atoms with E-state index in [0.29, 0.717) is 0 Å². The molecule has 1 aliphatic carbocycles. The molecular formula is C24H32FN7O. The fourth-order valence-corrected chi connectivity index (χ4v) is 4.63. The van der Waals surface area contributed by atoms with Crippen molar-refractivity contribution in [2.24, 2.45) is 17.6 Å². The molecule has 1 amide bonds. The van der Waals surface area contributed by atoms with E-state index in [1.807, 2.05) is 31.2 Å². The first kappa shape index (κ1) is 23.0. The van der Waals surface area contributed by atoms with Crippen molar-refractivity contribution in [2.45, 2.75) is 26.3 Å². The Hall–Kier alpha value is -3.20. The van der Waals surface area contributed by atoms with Crippen LogP contribution in [-0.2, 0) is 4.79 Å². The number of nitrogens with one attached hydrogen (secondary N) is 2. The predicted molar refractivity (Wildman–Crippen MR) is 129 cm³/mol. The molecule has 1 saturated heterocycles. The Labute approximate surface area is 194 Å². The summed E-state index contributed by atoms with van der Waals surface area (Å²) in [6.45, 7) is 8.17. The summed E-state index contributed by atoms with van der Waals surface area (Å²) < 4.78 is 14.5. The van der Waals surface area contributed by atoms with E-state index in [2.05, 4.69) is 50.4 Å². The third kappa shape index (κ3) is 5.08. The highest BCUT2D eigenvalue weighted by Gasteiger charge is 2.35. The van der Waals surface area contributed by atoms with Gasteiger partial charge in [-0.05, 0) is 50.1 Å². The number of aromatic nitrogens is 2. The summed E-state index contributed by atoms with van der Waals surface area (Å²) >= 11 is 0. The number of hydrogen-bond donors (Lipinski definition) is 3. The van der Waals surface area contributed by atoms with Crippen LogP contribution in [0.4, 0.5) is 27.5 Å². The van der Waals surface area contributed by atoms with E-state index in [9.17, 15) is 9.18 Å². The van der Waals surface area contributed by atoms with Gasteiger partial charge >= 0.3 is 0 Å². The summed E-state index contributed by atoms with van der Waals surface area (Å²) in [5.74, 6) is -1.09. The number of piperazine rings is 1. The molecule has 176 valence electrons. The molecule has 4 rings (SSSR count). The molecule has 33 heavy (non-hydrogen) atoms. The number of benzene rings is 1. The van der Waals surface area contributed by atoms with Gasteiger partial charge in [0.05, 0.1) is 18.2 Å². The Kier molecular flexibility index (Phi) is 6.78. The van der Waals surface area contributed by atoms with Crippen LogP contribution < -0.4 is 21.3 Å². The minimum absolute atomic E-state index is 0.0317. The van der Waals surface area contributed by atoms with Gasteiger partial charge in [0.25, 0.3) is 0 Å². The maximum atomic E-state index is 14.5. The quantitative estimate of drug-likeness (QED) is 0.555. The van der Waals surface area contributed by atoms with Crippen molar-refractivity contribution in [3.8, 4) is 0 Å². The van der Waals surface area contributed by atoms with Gasteiger partial charge in [-0.25, -0.2) is 9.37 Å². The molecule has 0 bridgehead atoms. The van der Waals surface area contributed by atoms with Crippen molar-refractivity contribution in [3.63, 3.8) is 0 Å². The molecule has 2 heterocycles. The average Bonchev–Trinajstić information content (AvgIpc) is 3.20. The maximum Gasteiger partial charge on any atom is 0.229 e. The summed E-state index contributed by atoms with van der Waals surface area (Å²) in [4.78, 5) is 25.1. The minimum Gasteiger partial charge on any atom is -0.369 e. The molecule has 1 aromatic carbocycles. The van der Waals surface area contributed by atoms with Crippen molar-refractivity contribution >= 4 is 29.0 Å². The van der Waals surface area contributed by atoms with Gasteiger partial charge in [0, 0.05) is 37.6 Å². The molecule has 0 unspecified atom stereocenters. The average molecular weight is 454 g/mol. The lowest BCUT2D eigenvalue weighted by molar-refractivity contribution is -0.122. The topological polar surface area (TPSA) is 99.4 Å². The van der Waals surface area contributed by atoms with E-state index >= 15 is 0 Å². The highest BCUT2D eigenvalue weighted by Crippen LogP contribution is 2.31. The largest absolute Gasteiger partial charge is 0.369 e. The standard InChI is InChI=1S/C24H32FN7O/c1-4-16-5-7-19(21(16)22(26)33)29-23-18(25)14-27-24(30-23)28-17-6-8-20(15(2)13-17)32-11-9-31(3)10-12-32/h5-8,13-14,16,19,21H,4,9-12H2,1-3H3,(H2,26,33)(H2,27,28,29,30)/t16-,19+,21-/m1/s1. The van der Waals surface area contributed by atoms with Gasteiger partial charge in [-0.1, -0.05) is 19.1 Å². The zero-order valence-electron chi connectivity index (χ0n) is 19.4. The van der Waals surface area contributed by atoms with Crippen LogP contribution in [-0.4, -0.2) is 60.0 Å². The molecule has 9 heteroatoms. The zero-order chi connectivity index (χ0) is 23.5. The third-order valence-corrected chi connectivity index (χ3v) is 6.56. The van der Waals surface area contributed by atoms with Gasteiger partial charge in [-0.3, -0.25) is 4.79 Å². The second kappa shape index (κ2) is 9.74. The van der Waals surface area contributed by atoms with Crippen molar-refractivity contribution in [1.82, 2.24) is 14.9 Å². The van der Waals surface area contributed by atoms with Gasteiger partial charge in [0.15, 0.2) is 11.6 Å². The molecule has 0 spiro atoms. The van der Waals surface area contributed by atoms with Crippen molar-refractivity contribution in [1.29, 1.82) is 0 Å². The molecule has 8 nitrogen and oxygen atoms in total. The van der Waals surface area contributed by atoms with Crippen LogP contribution in [0.1, 0.15) is 18.9 Å². The molecular weight excluding hydrogens is 421 g/mol. The summed E-state index contributed by atoms with van der Waals surface area (Å²) in [5, 5.41) is 6.20. The number of amides is 1. The number of nitrogens with zero attached hydrogens (tertiary/aromatic N) is 4. The number of allylic oxidation sites excluding steroid dienone is 1. The number of aryl methyl sites for hydroxylation is 1. The molecule has 0 radical (unpaired) electrons. The molecule has 1 fully saturated rings. The Morgan fingerprint density at radius 2 is 2.00 bits per heavy atom. The molecule has 3 atom stereocenters. The Morgan fingerprint density at radius 3 is 2.67 bits per heavy atom. The van der Waals surface area contributed by atoms with E-state index < -0.39 is 23.7 Å². The van der Waals surface area contributed by atoms with E-state index in [1.54, 1.807) is 0 Å². The van der Waals surface area contributed by atoms with Crippen LogP contribution in [0, 0.1) is 24.6 Å². The molecule has 0 saturated carbocycles. The lowest BCUT2D eigenvalue weighted by Gasteiger charge is -2.35. The number of nitrogens with two attached hydrogens (primary N) is 1. The third-order valence-electron chi connectivity index (χ3n) is 6.56. The second-order valence-electron chi connectivity index (χ2n) is 8.86. The Bertz CT molecular complexity index is 1040. The van der Waals surface area contributed by atoms with Crippen molar-refractivity contribution in [3.05, 3.63) is 47.9 Å². The first-order valence-corrected chi connectivity index (χ1v) is 11.4. The highest BCUT2D eigenvalue weighted by atomic mass is 19.1. The van der Waals surface area contributed by atoms with Crippen molar-refractivity contribution < 1.29 is 9.18 Å². The lowest BCUT2D eigenvalue weighted by atomic mass is 9.90. The molecule has 1 aromatic heterocycles. The van der Waals surface area contributed by atoms with Crippen LogP contribution >= 0.6 is 0 Å². The van der Waals surface area contributed by atoms with Gasteiger partial charge in [0.1, 0.15) is 0 Å². The first-order valence-electron chi connectivity index (χ1n) is 11.4. The number of rotatable bonds is 7. The Balaban J connectivity index is 1.47. The zero-order valence-corrected chi connectivity index (χ0v) is 19.4. The maximum absolute atomic E-state index is 14.5. The van der Waals surface area contributed by atoms with Gasteiger partial charge in [-0.15, -0.1) is 0 Å². The summed E-state index contributed by atoms with van der Waals surface area (Å²) in [6.07, 6.45) is 5.72. The van der Waals surface area contributed by atoms with E-state index in [0.717, 1.165) is 50.0 Å². The lowest BCUT2D eigenvalue weighted by Crippen LogP contribution is -2.44. The fourth-order valence-electron chi connectivity index (χ4n) is 4.63. The van der Waals surface area contributed by atoms with E-state index in [4.69, 9.17) is 5.73 Å². The first-order chi connectivity index (χ1) is 15.9. The highest BCUT2D eigenvalue weighted by molar-refractivity contribution is 5.80. The van der Waals surface area contributed by atoms with E-state index in [1.165, 1.54) is 5.69 Å². The SMILES string of the molecule is CC[C@@H]1C=C[C@H](Nc2nc(Nc3ccc(N4CCN(C)CC4)c(C)c3)ncc2F)[C@@H]1C(N)=O. The summed E-state index contributed by atoms with van der Waals surface area (Å²) in [5.41, 5.74) is 8.79. The predicted octanol–water partition coefficient (Wildman–Crippen LogP) is 2.90. The fraction of sp³-hybridized carbons (Fsp3) is 0.458. The van der Waals surface area contributed by atoms with Gasteiger partial charge < -0.3 is 26.2 Å². The van der Waals surface area contributed by atoms with Crippen LogP contribution in [0.5, 0.6) is 0 Å². The number of carbonyl (C=O) groups is 1. The van der Waals surface area contributed by atoms with Crippen LogP contribution in [0.25, 0.3) is 0 Å². The number of carbonyl (C=O) groups excluding carboxylic acids is 1. The number of anilines is 4. The van der Waals surface area contributed by atoms with Crippen LogP contribution in [0.3, 0.4) is 0 Å². The van der Waals surface area contributed by atoms with Crippen LogP contribution in [0.2, 0.25) is 0 Å². The van der Waals surface area contributed by atoms with Crippen molar-refractivity contribution in [2.75, 3.05) is 48.8 Å². The molecule has 1 aliphatic heterocycles. The number of halogens is 1. The number of hydrogen-bond acceptors (Lipinski definition) is 7. The molecule has 4 N–H and O–H groups in total.